The van der Waals surface area contributed by atoms with E-state index in [4.69, 9.17) is 27.9 Å². The van der Waals surface area contributed by atoms with Crippen molar-refractivity contribution in [3.63, 3.8) is 0 Å². The summed E-state index contributed by atoms with van der Waals surface area (Å²) in [7, 11) is -3.53. The standard InChI is InChI=1S/C10H10Cl2FNO3S/c11-8-1-2-9(13)7(10(8)12)5-14-3-4-17-6-18(14,15)16/h1-2H,3-6H2. The van der Waals surface area contributed by atoms with Gasteiger partial charge in [0.15, 0.2) is 5.94 Å². The summed E-state index contributed by atoms with van der Waals surface area (Å²) in [5, 5.41) is 0.233. The fraction of sp³-hybridized carbons (Fsp3) is 0.400. The Balaban J connectivity index is 2.32. The molecule has 18 heavy (non-hydrogen) atoms. The summed E-state index contributed by atoms with van der Waals surface area (Å²) < 4.78 is 43.0. The average Bonchev–Trinajstić information content (AvgIpc) is 2.31. The fourth-order valence-corrected chi connectivity index (χ4v) is 3.16. The molecule has 100 valence electrons. The van der Waals surface area contributed by atoms with Gasteiger partial charge in [0.05, 0.1) is 16.7 Å². The lowest BCUT2D eigenvalue weighted by Crippen LogP contribution is -2.40. The molecule has 0 spiro atoms. The molecule has 2 rings (SSSR count). The number of hydrogen-bond donors (Lipinski definition) is 0. The van der Waals surface area contributed by atoms with E-state index in [1.165, 1.54) is 6.07 Å². The van der Waals surface area contributed by atoms with E-state index in [1.807, 2.05) is 0 Å². The first kappa shape index (κ1) is 14.0. The summed E-state index contributed by atoms with van der Waals surface area (Å²) in [4.78, 5) is 0. The zero-order valence-corrected chi connectivity index (χ0v) is 11.5. The maximum Gasteiger partial charge on any atom is 0.238 e. The van der Waals surface area contributed by atoms with Gasteiger partial charge >= 0.3 is 0 Å². The highest BCUT2D eigenvalue weighted by Crippen LogP contribution is 2.29. The summed E-state index contributed by atoms with van der Waals surface area (Å²) in [6.07, 6.45) is 0. The largest absolute Gasteiger partial charge is 0.363 e. The van der Waals surface area contributed by atoms with Gasteiger partial charge in [-0.15, -0.1) is 0 Å². The summed E-state index contributed by atoms with van der Waals surface area (Å²) in [6.45, 7) is 0.306. The van der Waals surface area contributed by atoms with Crippen molar-refractivity contribution in [1.29, 1.82) is 0 Å². The highest BCUT2D eigenvalue weighted by atomic mass is 35.5. The van der Waals surface area contributed by atoms with Crippen LogP contribution >= 0.6 is 23.2 Å². The van der Waals surface area contributed by atoms with Gasteiger partial charge in [-0.05, 0) is 12.1 Å². The van der Waals surface area contributed by atoms with E-state index in [1.54, 1.807) is 0 Å². The number of benzene rings is 1. The van der Waals surface area contributed by atoms with Gasteiger partial charge in [0.2, 0.25) is 10.0 Å². The Bertz CT molecular complexity index is 564. The molecule has 0 bridgehead atoms. The topological polar surface area (TPSA) is 46.6 Å². The molecule has 0 radical (unpaired) electrons. The number of rotatable bonds is 2. The predicted octanol–water partition coefficient (Wildman–Crippen LogP) is 2.25. The summed E-state index contributed by atoms with van der Waals surface area (Å²) in [5.74, 6) is -0.974. The number of sulfonamides is 1. The molecule has 8 heteroatoms. The lowest BCUT2D eigenvalue weighted by molar-refractivity contribution is 0.130. The van der Waals surface area contributed by atoms with Gasteiger partial charge in [0, 0.05) is 18.7 Å². The first-order valence-corrected chi connectivity index (χ1v) is 7.46. The summed E-state index contributed by atoms with van der Waals surface area (Å²) >= 11 is 11.7. The minimum atomic E-state index is -3.53. The Kier molecular flexibility index (Phi) is 4.13. The van der Waals surface area contributed by atoms with Crippen molar-refractivity contribution >= 4 is 33.2 Å². The molecule has 1 aromatic rings. The van der Waals surface area contributed by atoms with Gasteiger partial charge in [0.1, 0.15) is 5.82 Å². The van der Waals surface area contributed by atoms with Gasteiger partial charge in [-0.25, -0.2) is 12.8 Å². The second kappa shape index (κ2) is 5.30. The van der Waals surface area contributed by atoms with Crippen LogP contribution in [-0.4, -0.2) is 31.8 Å². The molecule has 1 aromatic carbocycles. The molecule has 0 N–H and O–H groups in total. The maximum atomic E-state index is 13.6. The minimum Gasteiger partial charge on any atom is -0.363 e. The molecular formula is C10H10Cl2FNO3S. The first-order valence-electron chi connectivity index (χ1n) is 5.10. The Morgan fingerprint density at radius 2 is 2.11 bits per heavy atom. The molecule has 4 nitrogen and oxygen atoms in total. The molecule has 0 saturated carbocycles. The normalized spacial score (nSPS) is 19.9. The first-order chi connectivity index (χ1) is 8.42. The van der Waals surface area contributed by atoms with Crippen LogP contribution in [0.25, 0.3) is 0 Å². The van der Waals surface area contributed by atoms with E-state index in [0.29, 0.717) is 0 Å². The van der Waals surface area contributed by atoms with Crippen LogP contribution in [0.1, 0.15) is 5.56 Å². The molecule has 1 fully saturated rings. The molecule has 1 saturated heterocycles. The SMILES string of the molecule is O=S1(=O)COCCN1Cc1c(F)ccc(Cl)c1Cl. The number of hydrogen-bond acceptors (Lipinski definition) is 3. The molecule has 0 atom stereocenters. The van der Waals surface area contributed by atoms with Gasteiger partial charge in [-0.2, -0.15) is 4.31 Å². The lowest BCUT2D eigenvalue weighted by atomic mass is 10.2. The monoisotopic (exact) mass is 313 g/mol. The zero-order chi connectivity index (χ0) is 13.3. The van der Waals surface area contributed by atoms with Crippen LogP contribution < -0.4 is 0 Å². The van der Waals surface area contributed by atoms with Gasteiger partial charge < -0.3 is 4.74 Å². The van der Waals surface area contributed by atoms with Gasteiger partial charge in [-0.1, -0.05) is 23.2 Å². The Labute approximate surface area is 114 Å². The third-order valence-corrected chi connectivity index (χ3v) is 4.99. The molecule has 1 aliphatic rings. The smallest absolute Gasteiger partial charge is 0.238 e. The van der Waals surface area contributed by atoms with Crippen LogP contribution in [-0.2, 0) is 21.3 Å². The zero-order valence-electron chi connectivity index (χ0n) is 9.20. The van der Waals surface area contributed by atoms with Crippen molar-refractivity contribution < 1.29 is 17.5 Å². The summed E-state index contributed by atoms with van der Waals surface area (Å²) in [5.41, 5.74) is 0.0784. The number of ether oxygens (including phenoxy) is 1. The maximum absolute atomic E-state index is 13.6. The van der Waals surface area contributed by atoms with Gasteiger partial charge in [-0.3, -0.25) is 0 Å². The van der Waals surface area contributed by atoms with Crippen LogP contribution in [0, 0.1) is 5.82 Å². The van der Waals surface area contributed by atoms with Crippen molar-refractivity contribution in [3.05, 3.63) is 33.6 Å². The van der Waals surface area contributed by atoms with E-state index in [9.17, 15) is 12.8 Å². The number of halogens is 3. The van der Waals surface area contributed by atoms with Crippen LogP contribution in [0.2, 0.25) is 10.0 Å². The van der Waals surface area contributed by atoms with Crippen molar-refractivity contribution in [3.8, 4) is 0 Å². The van der Waals surface area contributed by atoms with Crippen LogP contribution in [0.4, 0.5) is 4.39 Å². The quantitative estimate of drug-likeness (QED) is 0.787. The average molecular weight is 314 g/mol. The molecule has 0 aromatic heterocycles. The van der Waals surface area contributed by atoms with E-state index in [-0.39, 0.29) is 35.3 Å². The van der Waals surface area contributed by atoms with Gasteiger partial charge in [0.25, 0.3) is 0 Å². The summed E-state index contributed by atoms with van der Waals surface area (Å²) in [6, 6.07) is 2.49. The minimum absolute atomic E-state index is 0.0401. The van der Waals surface area contributed by atoms with E-state index in [0.717, 1.165) is 10.4 Å². The predicted molar refractivity (Wildman–Crippen MR) is 66.6 cm³/mol. The third-order valence-electron chi connectivity index (χ3n) is 2.58. The van der Waals surface area contributed by atoms with E-state index >= 15 is 0 Å². The number of nitrogens with zero attached hydrogens (tertiary/aromatic N) is 1. The van der Waals surface area contributed by atoms with Crippen molar-refractivity contribution in [2.45, 2.75) is 6.54 Å². The highest BCUT2D eigenvalue weighted by molar-refractivity contribution is 7.88. The molecular weight excluding hydrogens is 304 g/mol. The fourth-order valence-electron chi connectivity index (χ4n) is 1.61. The molecule has 1 heterocycles. The highest BCUT2D eigenvalue weighted by Gasteiger charge is 2.28. The Hall–Kier alpha value is -0.400. The van der Waals surface area contributed by atoms with Crippen molar-refractivity contribution in [1.82, 2.24) is 4.31 Å². The second-order valence-electron chi connectivity index (χ2n) is 3.79. The van der Waals surface area contributed by atoms with E-state index in [2.05, 4.69) is 0 Å². The van der Waals surface area contributed by atoms with Crippen molar-refractivity contribution in [2.24, 2.45) is 0 Å². The lowest BCUT2D eigenvalue weighted by Gasteiger charge is -2.26. The second-order valence-corrected chi connectivity index (χ2v) is 6.49. The molecule has 0 aliphatic carbocycles. The third kappa shape index (κ3) is 2.78. The Morgan fingerprint density at radius 3 is 2.78 bits per heavy atom. The van der Waals surface area contributed by atoms with Crippen molar-refractivity contribution in [2.75, 3.05) is 19.1 Å². The van der Waals surface area contributed by atoms with Crippen LogP contribution in [0.15, 0.2) is 12.1 Å². The molecule has 0 amide bonds. The molecule has 1 aliphatic heterocycles. The van der Waals surface area contributed by atoms with Crippen LogP contribution in [0.5, 0.6) is 0 Å². The Morgan fingerprint density at radius 1 is 1.39 bits per heavy atom. The van der Waals surface area contributed by atoms with E-state index < -0.39 is 21.8 Å². The van der Waals surface area contributed by atoms with Crippen LogP contribution in [0.3, 0.4) is 0 Å². The molecule has 0 unspecified atom stereocenters.